The Balaban J connectivity index is 2.38. The molecule has 2 aromatic carbocycles. The molecule has 4 aromatic rings. The molecule has 0 aliphatic carbocycles. The third-order valence-electron chi connectivity index (χ3n) is 3.19. The molecule has 2 nitrogen and oxygen atoms in total. The molecule has 0 aliphatic heterocycles. The van der Waals surface area contributed by atoms with Gasteiger partial charge < -0.3 is 4.42 Å². The molecule has 2 aromatic heterocycles. The number of para-hydroxylation sites is 1. The van der Waals surface area contributed by atoms with Crippen LogP contribution in [0.3, 0.4) is 0 Å². The zero-order chi connectivity index (χ0) is 13.0. The van der Waals surface area contributed by atoms with E-state index >= 15 is 0 Å². The second kappa shape index (κ2) is 3.65. The lowest BCUT2D eigenvalue weighted by atomic mass is 10.1. The zero-order valence-electron chi connectivity index (χ0n) is 9.64. The van der Waals surface area contributed by atoms with Crippen molar-refractivity contribution in [3.8, 4) is 0 Å². The fraction of sp³-hybridized carbons (Fsp3) is 0. The smallest absolute Gasteiger partial charge is 0.345 e. The van der Waals surface area contributed by atoms with E-state index in [1.165, 1.54) is 23.5 Å². The van der Waals surface area contributed by atoms with Crippen LogP contribution in [0.5, 0.6) is 0 Å². The normalized spacial score (nSPS) is 11.6. The molecule has 0 aliphatic rings. The highest BCUT2D eigenvalue weighted by Gasteiger charge is 2.14. The summed E-state index contributed by atoms with van der Waals surface area (Å²) >= 11 is 1.49. The molecule has 2 heterocycles. The molecule has 92 valence electrons. The molecule has 0 spiro atoms. The lowest BCUT2D eigenvalue weighted by Crippen LogP contribution is -1.97. The first-order valence-electron chi connectivity index (χ1n) is 5.77. The van der Waals surface area contributed by atoms with Crippen molar-refractivity contribution >= 4 is 42.5 Å². The van der Waals surface area contributed by atoms with Gasteiger partial charge in [-0.3, -0.25) is 0 Å². The standard InChI is InChI=1S/C15H7FO2S/c16-8-5-6-12-10(7-8)13-14(19-12)9-3-1-2-4-11(9)18-15(13)17/h1-7H. The van der Waals surface area contributed by atoms with E-state index < -0.39 is 5.63 Å². The van der Waals surface area contributed by atoms with Crippen LogP contribution < -0.4 is 5.63 Å². The quantitative estimate of drug-likeness (QED) is 0.446. The van der Waals surface area contributed by atoms with Crippen LogP contribution in [0.4, 0.5) is 4.39 Å². The summed E-state index contributed by atoms with van der Waals surface area (Å²) in [5.41, 5.74) is 0.151. The van der Waals surface area contributed by atoms with Crippen LogP contribution in [0.2, 0.25) is 0 Å². The predicted molar refractivity (Wildman–Crippen MR) is 75.3 cm³/mol. The highest BCUT2D eigenvalue weighted by Crippen LogP contribution is 2.36. The summed E-state index contributed by atoms with van der Waals surface area (Å²) in [4.78, 5) is 12.1. The van der Waals surface area contributed by atoms with Gasteiger partial charge in [-0.1, -0.05) is 12.1 Å². The van der Waals surface area contributed by atoms with Crippen molar-refractivity contribution in [2.75, 3.05) is 0 Å². The van der Waals surface area contributed by atoms with E-state index in [1.807, 2.05) is 18.2 Å². The predicted octanol–water partition coefficient (Wildman–Crippen LogP) is 4.30. The van der Waals surface area contributed by atoms with Crippen molar-refractivity contribution < 1.29 is 8.81 Å². The Kier molecular flexibility index (Phi) is 2.05. The molecule has 0 fully saturated rings. The van der Waals surface area contributed by atoms with Crippen molar-refractivity contribution in [1.82, 2.24) is 0 Å². The van der Waals surface area contributed by atoms with Crippen LogP contribution in [0.1, 0.15) is 0 Å². The van der Waals surface area contributed by atoms with Gasteiger partial charge in [-0.2, -0.15) is 0 Å². The molecule has 0 saturated heterocycles. The number of benzene rings is 2. The SMILES string of the molecule is O=c1oc2ccccc2c2sc3ccc(F)cc3c12. The number of thiophene rings is 1. The molecule has 0 N–H and O–H groups in total. The number of halogens is 1. The maximum absolute atomic E-state index is 13.4. The van der Waals surface area contributed by atoms with Gasteiger partial charge in [0.1, 0.15) is 11.4 Å². The Hall–Kier alpha value is -2.20. The average molecular weight is 270 g/mol. The first-order chi connectivity index (χ1) is 9.24. The summed E-state index contributed by atoms with van der Waals surface area (Å²) in [7, 11) is 0. The van der Waals surface area contributed by atoms with Gasteiger partial charge in [0.05, 0.1) is 10.1 Å². The minimum absolute atomic E-state index is 0.347. The van der Waals surface area contributed by atoms with Gasteiger partial charge >= 0.3 is 5.63 Å². The molecular weight excluding hydrogens is 263 g/mol. The minimum atomic E-state index is -0.412. The van der Waals surface area contributed by atoms with Crippen LogP contribution in [0.15, 0.2) is 51.7 Å². The molecular formula is C15H7FO2S. The molecule has 4 rings (SSSR count). The fourth-order valence-electron chi connectivity index (χ4n) is 2.36. The molecule has 0 unspecified atom stereocenters. The lowest BCUT2D eigenvalue weighted by Gasteiger charge is -1.96. The molecule has 0 saturated carbocycles. The Labute approximate surface area is 110 Å². The molecule has 4 heteroatoms. The number of hydrogen-bond donors (Lipinski definition) is 0. The highest BCUT2D eigenvalue weighted by molar-refractivity contribution is 7.26. The van der Waals surface area contributed by atoms with Crippen LogP contribution >= 0.6 is 11.3 Å². The van der Waals surface area contributed by atoms with E-state index in [9.17, 15) is 9.18 Å². The molecule has 0 radical (unpaired) electrons. The van der Waals surface area contributed by atoms with Crippen molar-refractivity contribution in [3.63, 3.8) is 0 Å². The molecule has 0 bridgehead atoms. The van der Waals surface area contributed by atoms with Crippen LogP contribution in [0.25, 0.3) is 31.1 Å². The van der Waals surface area contributed by atoms with Crippen LogP contribution in [0, 0.1) is 5.82 Å². The largest absolute Gasteiger partial charge is 0.422 e. The van der Waals surface area contributed by atoms with E-state index in [4.69, 9.17) is 4.42 Å². The van der Waals surface area contributed by atoms with Crippen molar-refractivity contribution in [1.29, 1.82) is 0 Å². The summed E-state index contributed by atoms with van der Waals surface area (Å²) in [5, 5.41) is 1.98. The Morgan fingerprint density at radius 2 is 1.89 bits per heavy atom. The summed E-state index contributed by atoms with van der Waals surface area (Å²) in [5.74, 6) is -0.347. The summed E-state index contributed by atoms with van der Waals surface area (Å²) in [6, 6.07) is 11.9. The monoisotopic (exact) mass is 270 g/mol. The van der Waals surface area contributed by atoms with Crippen molar-refractivity contribution in [2.24, 2.45) is 0 Å². The van der Waals surface area contributed by atoms with Gasteiger partial charge in [-0.05, 0) is 30.3 Å². The van der Waals surface area contributed by atoms with E-state index in [1.54, 1.807) is 12.1 Å². The fourth-order valence-corrected chi connectivity index (χ4v) is 3.56. The third kappa shape index (κ3) is 1.43. The lowest BCUT2D eigenvalue weighted by molar-refractivity contribution is 0.570. The van der Waals surface area contributed by atoms with Gasteiger partial charge in [0.2, 0.25) is 0 Å². The maximum atomic E-state index is 13.4. The number of fused-ring (bicyclic) bond motifs is 5. The van der Waals surface area contributed by atoms with E-state index in [2.05, 4.69) is 0 Å². The topological polar surface area (TPSA) is 30.2 Å². The van der Waals surface area contributed by atoms with Gasteiger partial charge in [0.25, 0.3) is 0 Å². The number of hydrogen-bond acceptors (Lipinski definition) is 3. The van der Waals surface area contributed by atoms with E-state index in [0.717, 1.165) is 14.8 Å². The highest BCUT2D eigenvalue weighted by atomic mass is 32.1. The number of rotatable bonds is 0. The summed E-state index contributed by atoms with van der Waals surface area (Å²) in [6.07, 6.45) is 0. The molecule has 19 heavy (non-hydrogen) atoms. The van der Waals surface area contributed by atoms with Gasteiger partial charge in [0.15, 0.2) is 0 Å². The Morgan fingerprint density at radius 3 is 2.79 bits per heavy atom. The average Bonchev–Trinajstić information content (AvgIpc) is 2.78. The van der Waals surface area contributed by atoms with Gasteiger partial charge in [-0.15, -0.1) is 11.3 Å². The Morgan fingerprint density at radius 1 is 1.05 bits per heavy atom. The summed E-state index contributed by atoms with van der Waals surface area (Å²) in [6.45, 7) is 0. The van der Waals surface area contributed by atoms with Crippen molar-refractivity contribution in [2.45, 2.75) is 0 Å². The molecule has 0 amide bonds. The molecule has 0 atom stereocenters. The van der Waals surface area contributed by atoms with E-state index in [0.29, 0.717) is 16.4 Å². The third-order valence-corrected chi connectivity index (χ3v) is 4.39. The van der Waals surface area contributed by atoms with Crippen molar-refractivity contribution in [3.05, 3.63) is 58.7 Å². The minimum Gasteiger partial charge on any atom is -0.422 e. The first kappa shape index (κ1) is 10.7. The van der Waals surface area contributed by atoms with Crippen LogP contribution in [-0.2, 0) is 0 Å². The maximum Gasteiger partial charge on any atom is 0.345 e. The van der Waals surface area contributed by atoms with Gasteiger partial charge in [0, 0.05) is 15.5 Å². The van der Waals surface area contributed by atoms with E-state index in [-0.39, 0.29) is 5.82 Å². The zero-order valence-corrected chi connectivity index (χ0v) is 10.5. The van der Waals surface area contributed by atoms with Gasteiger partial charge in [-0.25, -0.2) is 9.18 Å². The second-order valence-electron chi connectivity index (χ2n) is 4.33. The second-order valence-corrected chi connectivity index (χ2v) is 5.38. The van der Waals surface area contributed by atoms with Crippen LogP contribution in [-0.4, -0.2) is 0 Å². The summed E-state index contributed by atoms with van der Waals surface area (Å²) < 4.78 is 20.4. The Bertz CT molecular complexity index is 997. The first-order valence-corrected chi connectivity index (χ1v) is 6.59.